The predicted octanol–water partition coefficient (Wildman–Crippen LogP) is 0.491. The maximum Gasteiger partial charge on any atom is 0.308 e. The van der Waals surface area contributed by atoms with E-state index in [2.05, 4.69) is 0 Å². The monoisotopic (exact) mass is 284 g/mol. The number of rotatable bonds is 3. The number of primary sulfonamides is 1. The van der Waals surface area contributed by atoms with Crippen molar-refractivity contribution in [2.75, 3.05) is 18.0 Å². The lowest BCUT2D eigenvalue weighted by atomic mass is 9.99. The Morgan fingerprint density at radius 3 is 2.53 bits per heavy atom. The van der Waals surface area contributed by atoms with E-state index < -0.39 is 21.9 Å². The van der Waals surface area contributed by atoms with Gasteiger partial charge in [0.25, 0.3) is 0 Å². The minimum absolute atomic E-state index is 0.0354. The van der Waals surface area contributed by atoms with Crippen molar-refractivity contribution in [3.63, 3.8) is 0 Å². The lowest BCUT2D eigenvalue weighted by Gasteiger charge is -2.20. The summed E-state index contributed by atoms with van der Waals surface area (Å²) in [6.45, 7) is 2.64. The van der Waals surface area contributed by atoms with E-state index in [1.54, 1.807) is 23.1 Å². The van der Waals surface area contributed by atoms with Crippen molar-refractivity contribution in [3.05, 3.63) is 24.3 Å². The maximum absolute atomic E-state index is 11.5. The molecule has 0 bridgehead atoms. The molecule has 1 saturated heterocycles. The molecule has 0 aromatic heterocycles. The van der Waals surface area contributed by atoms with E-state index in [1.807, 2.05) is 6.92 Å². The Kier molecular flexibility index (Phi) is 3.51. The molecule has 2 rings (SSSR count). The summed E-state index contributed by atoms with van der Waals surface area (Å²) >= 11 is 0. The second-order valence-corrected chi connectivity index (χ2v) is 6.37. The molecule has 6 nitrogen and oxygen atoms in total. The number of carboxylic acid groups (broad SMARTS) is 1. The maximum atomic E-state index is 11.5. The molecular weight excluding hydrogens is 268 g/mol. The fourth-order valence-electron chi connectivity index (χ4n) is 2.44. The highest BCUT2D eigenvalue weighted by Crippen LogP contribution is 2.32. The summed E-state index contributed by atoms with van der Waals surface area (Å²) in [5, 5.41) is 14.3. The second kappa shape index (κ2) is 4.82. The molecule has 0 spiro atoms. The van der Waals surface area contributed by atoms with Gasteiger partial charge in [0.2, 0.25) is 10.0 Å². The molecule has 3 N–H and O–H groups in total. The minimum Gasteiger partial charge on any atom is -0.481 e. The zero-order valence-electron chi connectivity index (χ0n) is 10.5. The molecule has 19 heavy (non-hydrogen) atoms. The molecule has 0 aliphatic carbocycles. The second-order valence-electron chi connectivity index (χ2n) is 4.84. The number of aliphatic carboxylic acids is 1. The van der Waals surface area contributed by atoms with E-state index in [0.29, 0.717) is 18.8 Å². The highest BCUT2D eigenvalue weighted by atomic mass is 32.2. The van der Waals surface area contributed by atoms with Crippen molar-refractivity contribution in [3.8, 4) is 0 Å². The van der Waals surface area contributed by atoms with Gasteiger partial charge in [0.05, 0.1) is 11.6 Å². The van der Waals surface area contributed by atoms with E-state index in [9.17, 15) is 13.2 Å². The van der Waals surface area contributed by atoms with Gasteiger partial charge in [0, 0.05) is 13.1 Å². The normalized spacial score (nSPS) is 23.6. The summed E-state index contributed by atoms with van der Waals surface area (Å²) in [7, 11) is -3.82. The summed E-state index contributed by atoms with van der Waals surface area (Å²) < 4.78 is 23.1. The van der Waals surface area contributed by atoms with Crippen LogP contribution < -0.4 is 10.0 Å². The third-order valence-corrected chi connectivity index (χ3v) is 4.40. The van der Waals surface area contributed by atoms with Crippen molar-refractivity contribution < 1.29 is 18.3 Å². The van der Waals surface area contributed by atoms with Gasteiger partial charge < -0.3 is 10.0 Å². The van der Waals surface area contributed by atoms with Crippen LogP contribution in [0.1, 0.15) is 6.92 Å². The number of hydrogen-bond donors (Lipinski definition) is 2. The van der Waals surface area contributed by atoms with Crippen LogP contribution in [0.4, 0.5) is 5.69 Å². The van der Waals surface area contributed by atoms with Crippen molar-refractivity contribution >= 4 is 21.7 Å². The summed E-state index contributed by atoms with van der Waals surface area (Å²) in [6, 6.07) is 6.39. The highest BCUT2D eigenvalue weighted by Gasteiger charge is 2.36. The van der Waals surface area contributed by atoms with Gasteiger partial charge in [-0.2, -0.15) is 0 Å². The number of carbonyl (C=O) groups is 1. The van der Waals surface area contributed by atoms with Gasteiger partial charge >= 0.3 is 5.97 Å². The first-order valence-electron chi connectivity index (χ1n) is 5.90. The molecule has 1 aromatic rings. The van der Waals surface area contributed by atoms with Crippen LogP contribution in [0.3, 0.4) is 0 Å². The van der Waals surface area contributed by atoms with Crippen molar-refractivity contribution in [1.82, 2.24) is 0 Å². The van der Waals surface area contributed by atoms with Crippen molar-refractivity contribution in [1.29, 1.82) is 0 Å². The SMILES string of the molecule is CC1CN(c2ccccc2S(N)(=O)=O)CC1C(=O)O. The van der Waals surface area contributed by atoms with Crippen LogP contribution in [-0.2, 0) is 14.8 Å². The Morgan fingerprint density at radius 1 is 1.37 bits per heavy atom. The molecule has 1 fully saturated rings. The van der Waals surface area contributed by atoms with E-state index in [0.717, 1.165) is 0 Å². The van der Waals surface area contributed by atoms with Gasteiger partial charge in [-0.15, -0.1) is 0 Å². The smallest absolute Gasteiger partial charge is 0.308 e. The topological polar surface area (TPSA) is 101 Å². The van der Waals surface area contributed by atoms with Crippen LogP contribution in [0, 0.1) is 11.8 Å². The van der Waals surface area contributed by atoms with Crippen LogP contribution in [-0.4, -0.2) is 32.6 Å². The number of nitrogens with zero attached hydrogens (tertiary/aromatic N) is 1. The molecule has 1 aromatic carbocycles. The van der Waals surface area contributed by atoms with Crippen LogP contribution in [0.15, 0.2) is 29.2 Å². The molecule has 0 saturated carbocycles. The Morgan fingerprint density at radius 2 is 2.00 bits per heavy atom. The van der Waals surface area contributed by atoms with Gasteiger partial charge in [-0.25, -0.2) is 13.6 Å². The number of benzene rings is 1. The molecule has 2 unspecified atom stereocenters. The molecule has 1 aliphatic heterocycles. The third-order valence-electron chi connectivity index (χ3n) is 3.44. The Bertz CT molecular complexity index is 600. The molecule has 104 valence electrons. The van der Waals surface area contributed by atoms with Crippen LogP contribution >= 0.6 is 0 Å². The van der Waals surface area contributed by atoms with E-state index in [-0.39, 0.29) is 10.8 Å². The first-order valence-corrected chi connectivity index (χ1v) is 7.45. The standard InChI is InChI=1S/C12H16N2O4S/c1-8-6-14(7-9(8)12(15)16)10-4-2-3-5-11(10)19(13,17)18/h2-5,8-9H,6-7H2,1H3,(H,15,16)(H2,13,17,18). The van der Waals surface area contributed by atoms with Gasteiger partial charge in [-0.1, -0.05) is 19.1 Å². The fraction of sp³-hybridized carbons (Fsp3) is 0.417. The lowest BCUT2D eigenvalue weighted by Crippen LogP contribution is -2.25. The molecule has 7 heteroatoms. The van der Waals surface area contributed by atoms with Crippen LogP contribution in [0.5, 0.6) is 0 Å². The zero-order chi connectivity index (χ0) is 14.2. The van der Waals surface area contributed by atoms with Crippen LogP contribution in [0.25, 0.3) is 0 Å². The van der Waals surface area contributed by atoms with Crippen molar-refractivity contribution in [2.24, 2.45) is 17.0 Å². The first kappa shape index (κ1) is 13.8. The fourth-order valence-corrected chi connectivity index (χ4v) is 3.20. The summed E-state index contributed by atoms with van der Waals surface area (Å²) in [4.78, 5) is 12.9. The average Bonchev–Trinajstić information content (AvgIpc) is 2.70. The first-order chi connectivity index (χ1) is 8.80. The predicted molar refractivity (Wildman–Crippen MR) is 70.3 cm³/mol. The van der Waals surface area contributed by atoms with Gasteiger partial charge in [-0.3, -0.25) is 4.79 Å². The molecule has 2 atom stereocenters. The quantitative estimate of drug-likeness (QED) is 0.841. The summed E-state index contributed by atoms with van der Waals surface area (Å²) in [5.74, 6) is -1.39. The summed E-state index contributed by atoms with van der Waals surface area (Å²) in [6.07, 6.45) is 0. The Balaban J connectivity index is 2.37. The molecule has 0 amide bonds. The van der Waals surface area contributed by atoms with E-state index >= 15 is 0 Å². The minimum atomic E-state index is -3.82. The highest BCUT2D eigenvalue weighted by molar-refractivity contribution is 7.89. The van der Waals surface area contributed by atoms with E-state index in [4.69, 9.17) is 10.2 Å². The largest absolute Gasteiger partial charge is 0.481 e. The zero-order valence-corrected chi connectivity index (χ0v) is 11.3. The van der Waals surface area contributed by atoms with Gasteiger partial charge in [0.15, 0.2) is 0 Å². The average molecular weight is 284 g/mol. The van der Waals surface area contributed by atoms with Crippen LogP contribution in [0.2, 0.25) is 0 Å². The van der Waals surface area contributed by atoms with E-state index in [1.165, 1.54) is 6.07 Å². The van der Waals surface area contributed by atoms with Gasteiger partial charge in [-0.05, 0) is 18.1 Å². The van der Waals surface area contributed by atoms with Crippen molar-refractivity contribution in [2.45, 2.75) is 11.8 Å². The number of hydrogen-bond acceptors (Lipinski definition) is 4. The Hall–Kier alpha value is -1.60. The molecular formula is C12H16N2O4S. The van der Waals surface area contributed by atoms with Gasteiger partial charge in [0.1, 0.15) is 4.90 Å². The number of anilines is 1. The number of carboxylic acids is 1. The number of sulfonamides is 1. The molecule has 1 aliphatic rings. The third kappa shape index (κ3) is 2.71. The summed E-state index contributed by atoms with van der Waals surface area (Å²) in [5.41, 5.74) is 0.473. The number of nitrogens with two attached hydrogens (primary N) is 1. The number of para-hydroxylation sites is 1. The molecule has 1 heterocycles. The molecule has 0 radical (unpaired) electrons. The lowest BCUT2D eigenvalue weighted by molar-refractivity contribution is -0.142. The Labute approximate surface area is 111 Å².